The molecule has 0 N–H and O–H groups in total. The topological polar surface area (TPSA) is 78.2 Å². The van der Waals surface area contributed by atoms with E-state index >= 15 is 0 Å². The maximum Gasteiger partial charge on any atom is 0.218 e. The fourth-order valence-corrected chi connectivity index (χ4v) is 2.63. The molecule has 7 heteroatoms. The van der Waals surface area contributed by atoms with Gasteiger partial charge in [0, 0.05) is 37.9 Å². The first kappa shape index (κ1) is 15.0. The molecular weight excluding hydrogens is 292 g/mol. The van der Waals surface area contributed by atoms with Crippen molar-refractivity contribution in [2.75, 3.05) is 43.1 Å². The van der Waals surface area contributed by atoms with Crippen molar-refractivity contribution >= 4 is 11.6 Å². The third kappa shape index (κ3) is 3.16. The highest BCUT2D eigenvalue weighted by molar-refractivity contribution is 5.55. The van der Waals surface area contributed by atoms with Crippen LogP contribution in [0.25, 0.3) is 0 Å². The molecule has 23 heavy (non-hydrogen) atoms. The predicted octanol–water partition coefficient (Wildman–Crippen LogP) is 1.39. The second-order valence-corrected chi connectivity index (χ2v) is 5.33. The monoisotopic (exact) mass is 310 g/mol. The first-order valence-corrected chi connectivity index (χ1v) is 7.45. The SMILES string of the molecule is COc1cc(N2CCN(c3nc(C)ccc3C#N)CC2)ncn1. The largest absolute Gasteiger partial charge is 0.481 e. The lowest BCUT2D eigenvalue weighted by molar-refractivity contribution is 0.396. The van der Waals surface area contributed by atoms with E-state index in [4.69, 9.17) is 4.74 Å². The third-order valence-corrected chi connectivity index (χ3v) is 3.87. The summed E-state index contributed by atoms with van der Waals surface area (Å²) >= 11 is 0. The van der Waals surface area contributed by atoms with Crippen molar-refractivity contribution in [2.45, 2.75) is 6.92 Å². The molecule has 0 aromatic carbocycles. The Kier molecular flexibility index (Phi) is 4.24. The van der Waals surface area contributed by atoms with Crippen LogP contribution in [-0.4, -0.2) is 48.2 Å². The van der Waals surface area contributed by atoms with E-state index in [2.05, 4.69) is 30.8 Å². The molecule has 1 aliphatic heterocycles. The number of aryl methyl sites for hydroxylation is 1. The smallest absolute Gasteiger partial charge is 0.218 e. The number of methoxy groups -OCH3 is 1. The first-order chi connectivity index (χ1) is 11.2. The van der Waals surface area contributed by atoms with Gasteiger partial charge in [0.25, 0.3) is 0 Å². The number of hydrogen-bond acceptors (Lipinski definition) is 7. The van der Waals surface area contributed by atoms with Crippen molar-refractivity contribution in [1.82, 2.24) is 15.0 Å². The number of nitrogens with zero attached hydrogens (tertiary/aromatic N) is 6. The number of piperazine rings is 1. The van der Waals surface area contributed by atoms with Gasteiger partial charge < -0.3 is 14.5 Å². The van der Waals surface area contributed by atoms with Crippen molar-refractivity contribution in [3.05, 3.63) is 35.8 Å². The fourth-order valence-electron chi connectivity index (χ4n) is 2.63. The zero-order valence-electron chi connectivity index (χ0n) is 13.2. The molecule has 0 bridgehead atoms. The third-order valence-electron chi connectivity index (χ3n) is 3.87. The molecule has 0 saturated carbocycles. The molecule has 0 atom stereocenters. The van der Waals surface area contributed by atoms with Gasteiger partial charge >= 0.3 is 0 Å². The van der Waals surface area contributed by atoms with Gasteiger partial charge in [-0.25, -0.2) is 15.0 Å². The van der Waals surface area contributed by atoms with Gasteiger partial charge in [-0.2, -0.15) is 5.26 Å². The summed E-state index contributed by atoms with van der Waals surface area (Å²) in [5.41, 5.74) is 1.54. The quantitative estimate of drug-likeness (QED) is 0.847. The average Bonchev–Trinajstić information content (AvgIpc) is 2.62. The van der Waals surface area contributed by atoms with Gasteiger partial charge in [-0.05, 0) is 19.1 Å². The maximum absolute atomic E-state index is 9.27. The van der Waals surface area contributed by atoms with Gasteiger partial charge in [0.15, 0.2) is 0 Å². The van der Waals surface area contributed by atoms with E-state index in [0.29, 0.717) is 11.4 Å². The summed E-state index contributed by atoms with van der Waals surface area (Å²) in [6.07, 6.45) is 1.51. The molecular formula is C16H18N6O. The maximum atomic E-state index is 9.27. The Bertz CT molecular complexity index is 734. The molecule has 0 radical (unpaired) electrons. The van der Waals surface area contributed by atoms with Gasteiger partial charge in [0.2, 0.25) is 5.88 Å². The van der Waals surface area contributed by atoms with Crippen LogP contribution < -0.4 is 14.5 Å². The number of pyridine rings is 1. The number of nitriles is 1. The van der Waals surface area contributed by atoms with Crippen molar-refractivity contribution in [3.8, 4) is 11.9 Å². The molecule has 1 aliphatic rings. The molecule has 0 amide bonds. The standard InChI is InChI=1S/C16H18N6O/c1-12-3-4-13(10-17)16(20-12)22-7-5-21(6-8-22)14-9-15(23-2)19-11-18-14/h3-4,9,11H,5-8H2,1-2H3. The molecule has 2 aromatic heterocycles. The summed E-state index contributed by atoms with van der Waals surface area (Å²) in [6.45, 7) is 5.13. The van der Waals surface area contributed by atoms with E-state index in [-0.39, 0.29) is 0 Å². The Hall–Kier alpha value is -2.88. The van der Waals surface area contributed by atoms with Crippen molar-refractivity contribution in [2.24, 2.45) is 0 Å². The molecule has 2 aromatic rings. The Morgan fingerprint density at radius 1 is 1.13 bits per heavy atom. The molecule has 1 fully saturated rings. The lowest BCUT2D eigenvalue weighted by Gasteiger charge is -2.36. The molecule has 7 nitrogen and oxygen atoms in total. The van der Waals surface area contributed by atoms with Gasteiger partial charge in [-0.3, -0.25) is 0 Å². The number of hydrogen-bond donors (Lipinski definition) is 0. The van der Waals surface area contributed by atoms with E-state index in [1.54, 1.807) is 7.11 Å². The lowest BCUT2D eigenvalue weighted by Crippen LogP contribution is -2.47. The summed E-state index contributed by atoms with van der Waals surface area (Å²) < 4.78 is 5.15. The number of anilines is 2. The molecule has 0 spiro atoms. The zero-order valence-corrected chi connectivity index (χ0v) is 13.2. The number of rotatable bonds is 3. The summed E-state index contributed by atoms with van der Waals surface area (Å²) in [6, 6.07) is 7.76. The molecule has 118 valence electrons. The predicted molar refractivity (Wildman–Crippen MR) is 86.7 cm³/mol. The molecule has 3 rings (SSSR count). The second kappa shape index (κ2) is 6.48. The summed E-state index contributed by atoms with van der Waals surface area (Å²) in [5.74, 6) is 2.19. The highest BCUT2D eigenvalue weighted by atomic mass is 16.5. The van der Waals surface area contributed by atoms with E-state index in [1.807, 2.05) is 25.1 Å². The summed E-state index contributed by atoms with van der Waals surface area (Å²) in [5, 5.41) is 9.27. The fraction of sp³-hybridized carbons (Fsp3) is 0.375. The molecule has 1 saturated heterocycles. The van der Waals surface area contributed by atoms with Crippen LogP contribution in [0.1, 0.15) is 11.3 Å². The Morgan fingerprint density at radius 3 is 2.57 bits per heavy atom. The van der Waals surface area contributed by atoms with E-state index in [1.165, 1.54) is 6.33 Å². The minimum atomic E-state index is 0.560. The van der Waals surface area contributed by atoms with Crippen LogP contribution >= 0.6 is 0 Å². The average molecular weight is 310 g/mol. The molecule has 3 heterocycles. The van der Waals surface area contributed by atoms with Gasteiger partial charge in [-0.15, -0.1) is 0 Å². The van der Waals surface area contributed by atoms with E-state index < -0.39 is 0 Å². The Labute approximate surface area is 135 Å². The first-order valence-electron chi connectivity index (χ1n) is 7.45. The normalized spacial score (nSPS) is 14.5. The number of aromatic nitrogens is 3. The van der Waals surface area contributed by atoms with Gasteiger partial charge in [0.05, 0.1) is 12.7 Å². The summed E-state index contributed by atoms with van der Waals surface area (Å²) in [4.78, 5) is 17.2. The van der Waals surface area contributed by atoms with Crippen LogP contribution in [0.5, 0.6) is 5.88 Å². The van der Waals surface area contributed by atoms with Crippen LogP contribution in [-0.2, 0) is 0 Å². The second-order valence-electron chi connectivity index (χ2n) is 5.33. The van der Waals surface area contributed by atoms with Crippen LogP contribution in [0.3, 0.4) is 0 Å². The van der Waals surface area contributed by atoms with Gasteiger partial charge in [-0.1, -0.05) is 0 Å². The van der Waals surface area contributed by atoms with Gasteiger partial charge in [0.1, 0.15) is 24.0 Å². The van der Waals surface area contributed by atoms with Crippen LogP contribution in [0.4, 0.5) is 11.6 Å². The zero-order chi connectivity index (χ0) is 16.2. The van der Waals surface area contributed by atoms with E-state index in [9.17, 15) is 5.26 Å². The van der Waals surface area contributed by atoms with Crippen molar-refractivity contribution in [1.29, 1.82) is 5.26 Å². The highest BCUT2D eigenvalue weighted by Gasteiger charge is 2.21. The van der Waals surface area contributed by atoms with Crippen molar-refractivity contribution in [3.63, 3.8) is 0 Å². The molecule has 0 unspecified atom stereocenters. The van der Waals surface area contributed by atoms with Crippen molar-refractivity contribution < 1.29 is 4.74 Å². The minimum absolute atomic E-state index is 0.560. The van der Waals surface area contributed by atoms with Crippen LogP contribution in [0.2, 0.25) is 0 Å². The van der Waals surface area contributed by atoms with Crippen LogP contribution in [0.15, 0.2) is 24.5 Å². The Balaban J connectivity index is 1.74. The Morgan fingerprint density at radius 2 is 1.87 bits per heavy atom. The van der Waals surface area contributed by atoms with Crippen LogP contribution in [0, 0.1) is 18.3 Å². The van der Waals surface area contributed by atoms with E-state index in [0.717, 1.165) is 43.5 Å². The molecule has 0 aliphatic carbocycles. The number of ether oxygens (including phenoxy) is 1. The minimum Gasteiger partial charge on any atom is -0.481 e. The summed E-state index contributed by atoms with van der Waals surface area (Å²) in [7, 11) is 1.59. The highest BCUT2D eigenvalue weighted by Crippen LogP contribution is 2.22. The lowest BCUT2D eigenvalue weighted by atomic mass is 10.2.